The fourth-order valence-electron chi connectivity index (χ4n) is 3.25. The molecule has 2 heterocycles. The van der Waals surface area contributed by atoms with E-state index >= 15 is 0 Å². The van der Waals surface area contributed by atoms with E-state index in [-0.39, 0.29) is 17.4 Å². The summed E-state index contributed by atoms with van der Waals surface area (Å²) in [5.74, 6) is -0.773. The molecule has 0 bridgehead atoms. The number of benzene rings is 1. The molecule has 2 aromatic rings. The van der Waals surface area contributed by atoms with Crippen molar-refractivity contribution in [2.45, 2.75) is 12.8 Å². The zero-order valence-corrected chi connectivity index (χ0v) is 16.7. The van der Waals surface area contributed by atoms with Gasteiger partial charge in [-0.05, 0) is 30.4 Å². The fraction of sp³-hybridized carbons (Fsp3) is 0.316. The highest BCUT2D eigenvalue weighted by molar-refractivity contribution is 7.14. The molecule has 154 valence electrons. The zero-order chi connectivity index (χ0) is 20.8. The summed E-state index contributed by atoms with van der Waals surface area (Å²) in [6.07, 6.45) is 1.24. The average molecular weight is 417 g/mol. The molecule has 1 saturated heterocycles. The number of amides is 1. The van der Waals surface area contributed by atoms with E-state index in [9.17, 15) is 14.8 Å². The molecule has 0 unspecified atom stereocenters. The third kappa shape index (κ3) is 4.91. The molecule has 0 saturated carbocycles. The van der Waals surface area contributed by atoms with Crippen LogP contribution in [0.3, 0.4) is 0 Å². The van der Waals surface area contributed by atoms with Crippen LogP contribution < -0.4 is 16.1 Å². The minimum Gasteiger partial charge on any atom is -0.630 e. The summed E-state index contributed by atoms with van der Waals surface area (Å²) in [5, 5.41) is 28.3. The lowest BCUT2D eigenvalue weighted by atomic mass is 9.96. The Bertz CT molecular complexity index is 906. The van der Waals surface area contributed by atoms with Crippen LogP contribution in [0.15, 0.2) is 40.7 Å². The first kappa shape index (κ1) is 20.8. The summed E-state index contributed by atoms with van der Waals surface area (Å²) in [6.45, 7) is 1.24. The second-order valence-corrected chi connectivity index (χ2v) is 7.51. The van der Waals surface area contributed by atoms with Gasteiger partial charge in [0.15, 0.2) is 11.6 Å². The number of nitrogens with one attached hydrogen (secondary N) is 2. The van der Waals surface area contributed by atoms with E-state index in [1.807, 2.05) is 17.0 Å². The van der Waals surface area contributed by atoms with Crippen molar-refractivity contribution >= 4 is 45.5 Å². The molecule has 1 fully saturated rings. The number of rotatable bonds is 5. The lowest BCUT2D eigenvalue weighted by Crippen LogP contribution is -2.70. The second-order valence-electron chi connectivity index (χ2n) is 6.60. The number of hydrogen-bond donors (Lipinski definition) is 4. The standard InChI is InChI=1S/C19H23N5O4S/c1-20-19(21-14-4-2-3-5-15(14)23-28)24-9-6-12(7-10-24)16(25)22-17-13(18(26)27)8-11-29-17/h2-5,8,11-12H,6-7,9-10,23H2,1H3,(H,20,21)(H,22,25)(H,26,27). The van der Waals surface area contributed by atoms with Gasteiger partial charge >= 0.3 is 5.97 Å². The third-order valence-electron chi connectivity index (χ3n) is 4.84. The van der Waals surface area contributed by atoms with Gasteiger partial charge in [0.2, 0.25) is 5.91 Å². The molecule has 1 aliphatic heterocycles. The lowest BCUT2D eigenvalue weighted by molar-refractivity contribution is -0.496. The maximum absolute atomic E-state index is 12.6. The summed E-state index contributed by atoms with van der Waals surface area (Å²) in [7, 11) is 1.68. The average Bonchev–Trinajstić information content (AvgIpc) is 3.21. The second kappa shape index (κ2) is 9.50. The number of nitrogens with two attached hydrogens (primary N) is 1. The van der Waals surface area contributed by atoms with Crippen molar-refractivity contribution in [3.63, 3.8) is 0 Å². The number of piperidine rings is 1. The highest BCUT2D eigenvalue weighted by Gasteiger charge is 2.28. The normalized spacial score (nSPS) is 15.2. The van der Waals surface area contributed by atoms with Crippen LogP contribution in [0.4, 0.5) is 16.4 Å². The summed E-state index contributed by atoms with van der Waals surface area (Å²) in [5.41, 5.74) is 2.14. The minimum absolute atomic E-state index is 0.110. The topological polar surface area (TPSA) is 134 Å². The summed E-state index contributed by atoms with van der Waals surface area (Å²) in [4.78, 5) is 30.1. The fourth-order valence-corrected chi connectivity index (χ4v) is 4.03. The van der Waals surface area contributed by atoms with E-state index in [2.05, 4.69) is 15.6 Å². The number of carbonyl (C=O) groups is 2. The quantitative estimate of drug-likeness (QED) is 0.254. The molecule has 0 spiro atoms. The Morgan fingerprint density at radius 2 is 1.97 bits per heavy atom. The van der Waals surface area contributed by atoms with Crippen LogP contribution in [0.2, 0.25) is 0 Å². The van der Waals surface area contributed by atoms with Gasteiger partial charge in [-0.25, -0.2) is 4.79 Å². The van der Waals surface area contributed by atoms with Gasteiger partial charge in [-0.3, -0.25) is 9.79 Å². The number of carboxylic acids is 1. The van der Waals surface area contributed by atoms with Crippen LogP contribution in [0.25, 0.3) is 0 Å². The SMILES string of the molecule is CN=C(Nc1ccccc1[NH2+][O-])N1CCC(C(=O)Nc2sccc2C(=O)O)CC1. The van der Waals surface area contributed by atoms with Crippen LogP contribution in [0, 0.1) is 11.1 Å². The number of likely N-dealkylation sites (tertiary alicyclic amines) is 1. The molecule has 9 nitrogen and oxygen atoms in total. The number of aliphatic imine (C=N–C) groups is 1. The number of guanidine groups is 1. The van der Waals surface area contributed by atoms with Crippen molar-refractivity contribution in [1.82, 2.24) is 4.90 Å². The number of para-hydroxylation sites is 1. The molecular weight excluding hydrogens is 394 g/mol. The molecule has 0 atom stereocenters. The van der Waals surface area contributed by atoms with E-state index in [0.29, 0.717) is 48.3 Å². The number of anilines is 2. The Kier molecular flexibility index (Phi) is 6.81. The molecule has 1 aromatic heterocycles. The van der Waals surface area contributed by atoms with Crippen molar-refractivity contribution < 1.29 is 20.2 Å². The molecule has 1 amide bonds. The smallest absolute Gasteiger partial charge is 0.338 e. The highest BCUT2D eigenvalue weighted by Crippen LogP contribution is 2.26. The molecule has 0 radical (unpaired) electrons. The van der Waals surface area contributed by atoms with Gasteiger partial charge in [-0.2, -0.15) is 0 Å². The first-order valence-electron chi connectivity index (χ1n) is 9.18. The number of quaternary nitrogens is 1. The van der Waals surface area contributed by atoms with E-state index in [4.69, 9.17) is 5.11 Å². The van der Waals surface area contributed by atoms with Crippen LogP contribution in [0.1, 0.15) is 23.2 Å². The number of nitrogens with zero attached hydrogens (tertiary/aromatic N) is 2. The molecule has 1 aliphatic rings. The van der Waals surface area contributed by atoms with E-state index in [1.165, 1.54) is 17.4 Å². The van der Waals surface area contributed by atoms with Gasteiger partial charge in [0.05, 0.1) is 5.56 Å². The first-order chi connectivity index (χ1) is 14.0. The van der Waals surface area contributed by atoms with E-state index in [0.717, 1.165) is 5.48 Å². The first-order valence-corrected chi connectivity index (χ1v) is 10.1. The van der Waals surface area contributed by atoms with Gasteiger partial charge < -0.3 is 31.3 Å². The largest absolute Gasteiger partial charge is 0.630 e. The Balaban J connectivity index is 1.58. The van der Waals surface area contributed by atoms with Crippen LogP contribution in [0.5, 0.6) is 0 Å². The van der Waals surface area contributed by atoms with Gasteiger partial charge in [-0.15, -0.1) is 11.3 Å². The van der Waals surface area contributed by atoms with Crippen LogP contribution in [-0.4, -0.2) is 48.0 Å². The summed E-state index contributed by atoms with van der Waals surface area (Å²) in [6, 6.07) is 8.67. The molecule has 5 N–H and O–H groups in total. The van der Waals surface area contributed by atoms with Crippen molar-refractivity contribution in [3.05, 3.63) is 46.5 Å². The number of thiophene rings is 1. The molecule has 1 aromatic carbocycles. The Morgan fingerprint density at radius 1 is 1.24 bits per heavy atom. The van der Waals surface area contributed by atoms with Crippen LogP contribution in [-0.2, 0) is 4.79 Å². The highest BCUT2D eigenvalue weighted by atomic mass is 32.1. The molecule has 3 rings (SSSR count). The summed E-state index contributed by atoms with van der Waals surface area (Å²) >= 11 is 1.20. The van der Waals surface area contributed by atoms with E-state index in [1.54, 1.807) is 24.6 Å². The lowest BCUT2D eigenvalue weighted by Gasteiger charge is -2.33. The monoisotopic (exact) mass is 417 g/mol. The number of carboxylic acid groups (broad SMARTS) is 1. The Hall–Kier alpha value is -2.95. The Labute approximate surface area is 172 Å². The third-order valence-corrected chi connectivity index (χ3v) is 5.67. The minimum atomic E-state index is -1.05. The predicted octanol–water partition coefficient (Wildman–Crippen LogP) is 1.89. The number of carbonyl (C=O) groups excluding carboxylic acids is 1. The predicted molar refractivity (Wildman–Crippen MR) is 113 cm³/mol. The van der Waals surface area contributed by atoms with Crippen molar-refractivity contribution in [1.29, 1.82) is 0 Å². The summed E-state index contributed by atoms with van der Waals surface area (Å²) < 4.78 is 0. The van der Waals surface area contributed by atoms with Gasteiger partial charge in [0.1, 0.15) is 10.7 Å². The number of aromatic carboxylic acids is 1. The molecule has 0 aliphatic carbocycles. The van der Waals surface area contributed by atoms with Gasteiger partial charge in [-0.1, -0.05) is 12.1 Å². The molecule has 10 heteroatoms. The van der Waals surface area contributed by atoms with Crippen LogP contribution >= 0.6 is 11.3 Å². The van der Waals surface area contributed by atoms with Gasteiger partial charge in [0, 0.05) is 32.1 Å². The van der Waals surface area contributed by atoms with Gasteiger partial charge in [0.25, 0.3) is 0 Å². The van der Waals surface area contributed by atoms with Crippen molar-refractivity contribution in [3.8, 4) is 0 Å². The van der Waals surface area contributed by atoms with Crippen molar-refractivity contribution in [2.75, 3.05) is 30.8 Å². The number of hydrogen-bond acceptors (Lipinski definition) is 5. The molecular formula is C19H23N5O4S. The maximum atomic E-state index is 12.6. The maximum Gasteiger partial charge on any atom is 0.338 e. The van der Waals surface area contributed by atoms with Crippen molar-refractivity contribution in [2.24, 2.45) is 10.9 Å². The zero-order valence-electron chi connectivity index (χ0n) is 15.9. The molecule has 29 heavy (non-hydrogen) atoms. The Morgan fingerprint density at radius 3 is 2.62 bits per heavy atom. The van der Waals surface area contributed by atoms with E-state index < -0.39 is 5.97 Å².